The molecular weight excluding hydrogens is 324 g/mol. The van der Waals surface area contributed by atoms with Crippen molar-refractivity contribution < 1.29 is 4.79 Å². The lowest BCUT2D eigenvalue weighted by Crippen LogP contribution is -2.32. The molecule has 0 bridgehead atoms. The summed E-state index contributed by atoms with van der Waals surface area (Å²) < 4.78 is 0. The van der Waals surface area contributed by atoms with Gasteiger partial charge in [-0.1, -0.05) is 0 Å². The van der Waals surface area contributed by atoms with Gasteiger partial charge in [-0.05, 0) is 31.7 Å². The normalized spacial score (nSPS) is 21.0. The highest BCUT2D eigenvalue weighted by Crippen LogP contribution is 2.29. The number of nitrogens with two attached hydrogens (primary N) is 1. The number of hydrogen-bond acceptors (Lipinski definition) is 6. The lowest BCUT2D eigenvalue weighted by Gasteiger charge is -2.24. The minimum absolute atomic E-state index is 0.0348. The van der Waals surface area contributed by atoms with E-state index in [1.54, 1.807) is 0 Å². The molecule has 0 radical (unpaired) electrons. The quantitative estimate of drug-likeness (QED) is 0.677. The van der Waals surface area contributed by atoms with Crippen molar-refractivity contribution in [1.29, 1.82) is 0 Å². The maximum absolute atomic E-state index is 12.4. The number of carbonyl (C=O) groups excluding carboxylic acids is 1. The second-order valence-electron chi connectivity index (χ2n) is 6.10. The minimum atomic E-state index is 0.0348. The van der Waals surface area contributed by atoms with Gasteiger partial charge in [0.25, 0.3) is 0 Å². The number of rotatable bonds is 3. The predicted octanol–water partition coefficient (Wildman–Crippen LogP) is 2.54. The van der Waals surface area contributed by atoms with Crippen molar-refractivity contribution in [3.8, 4) is 11.4 Å². The van der Waals surface area contributed by atoms with Gasteiger partial charge in [0.1, 0.15) is 23.4 Å². The molecule has 24 heavy (non-hydrogen) atoms. The van der Waals surface area contributed by atoms with E-state index in [1.165, 1.54) is 17.7 Å². The van der Waals surface area contributed by atoms with E-state index >= 15 is 0 Å². The first-order valence-electron chi connectivity index (χ1n) is 8.01. The van der Waals surface area contributed by atoms with Gasteiger partial charge in [0.15, 0.2) is 5.13 Å². The summed E-state index contributed by atoms with van der Waals surface area (Å²) in [4.78, 5) is 28.5. The Kier molecular flexibility index (Phi) is 3.99. The van der Waals surface area contributed by atoms with Gasteiger partial charge in [-0.15, -0.1) is 11.3 Å². The Balaban J connectivity index is 1.51. The standard InChI is InChI=1S/C16H18N6OS/c17-10-3-1-9(2-4-10)15(23)22-16-21-12(7-24-16)13-11-5-6-18-14(11)20-8-19-13/h5-10H,1-4,17H2,(H,18,19,20)(H,21,22,23). The zero-order chi connectivity index (χ0) is 16.5. The van der Waals surface area contributed by atoms with E-state index in [9.17, 15) is 4.79 Å². The van der Waals surface area contributed by atoms with Crippen molar-refractivity contribution in [3.05, 3.63) is 24.0 Å². The Morgan fingerprint density at radius 1 is 1.29 bits per heavy atom. The van der Waals surface area contributed by atoms with Crippen LogP contribution in [0.1, 0.15) is 25.7 Å². The predicted molar refractivity (Wildman–Crippen MR) is 93.6 cm³/mol. The maximum atomic E-state index is 12.4. The number of anilines is 1. The van der Waals surface area contributed by atoms with Crippen molar-refractivity contribution in [2.45, 2.75) is 31.7 Å². The average Bonchev–Trinajstić information content (AvgIpc) is 3.24. The number of nitrogens with one attached hydrogen (secondary N) is 2. The molecule has 0 saturated heterocycles. The van der Waals surface area contributed by atoms with Gasteiger partial charge in [-0.25, -0.2) is 15.0 Å². The molecule has 4 N–H and O–H groups in total. The molecule has 0 unspecified atom stereocenters. The summed E-state index contributed by atoms with van der Waals surface area (Å²) in [5.74, 6) is 0.0739. The molecule has 0 aromatic carbocycles. The van der Waals surface area contributed by atoms with E-state index in [-0.39, 0.29) is 17.9 Å². The second kappa shape index (κ2) is 6.29. The summed E-state index contributed by atoms with van der Waals surface area (Å²) in [7, 11) is 0. The summed E-state index contributed by atoms with van der Waals surface area (Å²) in [5.41, 5.74) is 8.18. The van der Waals surface area contributed by atoms with E-state index in [2.05, 4.69) is 25.3 Å². The molecule has 7 nitrogen and oxygen atoms in total. The van der Waals surface area contributed by atoms with Gasteiger partial charge < -0.3 is 16.0 Å². The van der Waals surface area contributed by atoms with Crippen molar-refractivity contribution in [2.24, 2.45) is 11.7 Å². The first-order chi connectivity index (χ1) is 11.7. The minimum Gasteiger partial charge on any atom is -0.346 e. The van der Waals surface area contributed by atoms with Gasteiger partial charge >= 0.3 is 0 Å². The summed E-state index contributed by atoms with van der Waals surface area (Å²) >= 11 is 1.41. The van der Waals surface area contributed by atoms with Crippen LogP contribution in [0.5, 0.6) is 0 Å². The van der Waals surface area contributed by atoms with Gasteiger partial charge in [0.2, 0.25) is 5.91 Å². The largest absolute Gasteiger partial charge is 0.346 e. The Labute approximate surface area is 142 Å². The van der Waals surface area contributed by atoms with Crippen LogP contribution in [0.2, 0.25) is 0 Å². The molecule has 3 aromatic heterocycles. The van der Waals surface area contributed by atoms with Gasteiger partial charge in [-0.3, -0.25) is 4.79 Å². The monoisotopic (exact) mass is 342 g/mol. The number of aromatic amines is 1. The van der Waals surface area contributed by atoms with Crippen LogP contribution in [0.15, 0.2) is 24.0 Å². The molecule has 0 spiro atoms. The number of carbonyl (C=O) groups is 1. The Morgan fingerprint density at radius 3 is 2.96 bits per heavy atom. The van der Waals surface area contributed by atoms with Crippen LogP contribution in [-0.2, 0) is 4.79 Å². The molecule has 1 aliphatic carbocycles. The average molecular weight is 342 g/mol. The van der Waals surface area contributed by atoms with Gasteiger partial charge in [-0.2, -0.15) is 0 Å². The van der Waals surface area contributed by atoms with Crippen molar-refractivity contribution in [1.82, 2.24) is 19.9 Å². The molecule has 3 aromatic rings. The van der Waals surface area contributed by atoms with E-state index in [1.807, 2.05) is 17.6 Å². The summed E-state index contributed by atoms with van der Waals surface area (Å²) in [6, 6.07) is 2.16. The molecule has 1 amide bonds. The third-order valence-corrected chi connectivity index (χ3v) is 5.23. The van der Waals surface area contributed by atoms with Gasteiger partial charge in [0.05, 0.1) is 0 Å². The fraction of sp³-hybridized carbons (Fsp3) is 0.375. The molecular formula is C16H18N6OS. The highest BCUT2D eigenvalue weighted by Gasteiger charge is 2.25. The van der Waals surface area contributed by atoms with Crippen LogP contribution >= 0.6 is 11.3 Å². The lowest BCUT2D eigenvalue weighted by atomic mass is 9.86. The Morgan fingerprint density at radius 2 is 2.12 bits per heavy atom. The molecule has 1 saturated carbocycles. The van der Waals surface area contributed by atoms with Crippen LogP contribution in [-0.4, -0.2) is 31.9 Å². The SMILES string of the molecule is NC1CCC(C(=O)Nc2nc(-c3ncnc4[nH]ccc34)cs2)CC1. The lowest BCUT2D eigenvalue weighted by molar-refractivity contribution is -0.120. The number of thiazole rings is 1. The summed E-state index contributed by atoms with van der Waals surface area (Å²) in [6.45, 7) is 0. The number of fused-ring (bicyclic) bond motifs is 1. The van der Waals surface area contributed by atoms with Crippen LogP contribution in [0.25, 0.3) is 22.4 Å². The van der Waals surface area contributed by atoms with E-state index < -0.39 is 0 Å². The molecule has 0 aliphatic heterocycles. The summed E-state index contributed by atoms with van der Waals surface area (Å²) in [6.07, 6.45) is 6.85. The first kappa shape index (κ1) is 15.2. The first-order valence-corrected chi connectivity index (χ1v) is 8.89. The zero-order valence-electron chi connectivity index (χ0n) is 13.0. The van der Waals surface area contributed by atoms with Crippen LogP contribution in [0, 0.1) is 5.92 Å². The molecule has 1 fully saturated rings. The van der Waals surface area contributed by atoms with E-state index in [0.29, 0.717) is 5.13 Å². The molecule has 3 heterocycles. The summed E-state index contributed by atoms with van der Waals surface area (Å²) in [5, 5.41) is 6.36. The zero-order valence-corrected chi connectivity index (χ0v) is 13.8. The number of nitrogens with zero attached hydrogens (tertiary/aromatic N) is 3. The number of H-pyrrole nitrogens is 1. The molecule has 1 aliphatic rings. The fourth-order valence-electron chi connectivity index (χ4n) is 3.11. The van der Waals surface area contributed by atoms with Crippen LogP contribution < -0.4 is 11.1 Å². The third-order valence-electron chi connectivity index (χ3n) is 4.47. The number of hydrogen-bond donors (Lipinski definition) is 3. The molecule has 0 atom stereocenters. The van der Waals surface area contributed by atoms with Crippen LogP contribution in [0.3, 0.4) is 0 Å². The third kappa shape index (κ3) is 2.90. The molecule has 124 valence electrons. The molecule has 8 heteroatoms. The molecule has 4 rings (SSSR count). The topological polar surface area (TPSA) is 110 Å². The van der Waals surface area contributed by atoms with Crippen molar-refractivity contribution in [2.75, 3.05) is 5.32 Å². The smallest absolute Gasteiger partial charge is 0.229 e. The Bertz CT molecular complexity index is 864. The second-order valence-corrected chi connectivity index (χ2v) is 6.96. The Hall–Kier alpha value is -2.32. The number of aromatic nitrogens is 4. The highest BCUT2D eigenvalue weighted by molar-refractivity contribution is 7.14. The van der Waals surface area contributed by atoms with E-state index in [4.69, 9.17) is 5.73 Å². The number of amides is 1. The fourth-order valence-corrected chi connectivity index (χ4v) is 3.80. The van der Waals surface area contributed by atoms with E-state index in [0.717, 1.165) is 48.1 Å². The van der Waals surface area contributed by atoms with Crippen molar-refractivity contribution in [3.63, 3.8) is 0 Å². The van der Waals surface area contributed by atoms with Gasteiger partial charge in [0, 0.05) is 28.9 Å². The maximum Gasteiger partial charge on any atom is 0.229 e. The van der Waals surface area contributed by atoms with Crippen LogP contribution in [0.4, 0.5) is 5.13 Å². The highest BCUT2D eigenvalue weighted by atomic mass is 32.1. The van der Waals surface area contributed by atoms with Crippen molar-refractivity contribution >= 4 is 33.4 Å².